The van der Waals surface area contributed by atoms with Gasteiger partial charge in [-0.25, -0.2) is 9.97 Å². The average Bonchev–Trinajstić information content (AvgIpc) is 3.25. The Morgan fingerprint density at radius 2 is 1.93 bits per heavy atom. The lowest BCUT2D eigenvalue weighted by atomic mass is 10.1. The first-order chi connectivity index (χ1) is 13.1. The molecule has 2 aromatic heterocycles. The van der Waals surface area contributed by atoms with Gasteiger partial charge in [-0.3, -0.25) is 4.79 Å². The largest absolute Gasteiger partial charge is 0.394 e. The van der Waals surface area contributed by atoms with Crippen molar-refractivity contribution in [2.24, 2.45) is 0 Å². The fourth-order valence-corrected chi connectivity index (χ4v) is 3.15. The predicted molar refractivity (Wildman–Crippen MR) is 94.9 cm³/mol. The number of rotatable bonds is 4. The standard InChI is InChI=1S/C18H18N4O5/c23-8-12-13(24)14(25)18(27-12)22-7-6-11-15(19-9-20-16(11)22)21-17(26)10-4-2-1-3-5-10/h1-7,9,12-14,18,23-25H,8H2,(H,19,20,21,26). The van der Waals surface area contributed by atoms with Crippen LogP contribution in [0.1, 0.15) is 16.6 Å². The van der Waals surface area contributed by atoms with Crippen LogP contribution < -0.4 is 5.32 Å². The molecule has 1 aromatic carbocycles. The van der Waals surface area contributed by atoms with Crippen molar-refractivity contribution in [1.82, 2.24) is 14.5 Å². The number of aliphatic hydroxyl groups excluding tert-OH is 3. The number of anilines is 1. The lowest BCUT2D eigenvalue weighted by Crippen LogP contribution is -2.33. The highest BCUT2D eigenvalue weighted by Gasteiger charge is 2.43. The minimum absolute atomic E-state index is 0.309. The molecule has 3 aromatic rings. The number of fused-ring (bicyclic) bond motifs is 1. The minimum atomic E-state index is -1.23. The third-order valence-corrected chi connectivity index (χ3v) is 4.57. The van der Waals surface area contributed by atoms with E-state index in [2.05, 4.69) is 15.3 Å². The number of carbonyl (C=O) groups excluding carboxylic acids is 1. The molecule has 0 saturated carbocycles. The van der Waals surface area contributed by atoms with E-state index in [1.54, 1.807) is 41.1 Å². The van der Waals surface area contributed by atoms with Gasteiger partial charge in [0.2, 0.25) is 0 Å². The number of carbonyl (C=O) groups is 1. The van der Waals surface area contributed by atoms with Crippen LogP contribution in [0.2, 0.25) is 0 Å². The third kappa shape index (κ3) is 3.06. The Morgan fingerprint density at radius 1 is 1.15 bits per heavy atom. The summed E-state index contributed by atoms with van der Waals surface area (Å²) in [5, 5.41) is 32.8. The average molecular weight is 370 g/mol. The van der Waals surface area contributed by atoms with E-state index in [1.165, 1.54) is 6.33 Å². The number of ether oxygens (including phenoxy) is 1. The molecule has 0 aliphatic carbocycles. The van der Waals surface area contributed by atoms with Crippen molar-refractivity contribution in [3.8, 4) is 0 Å². The Kier molecular flexibility index (Phi) is 4.58. The summed E-state index contributed by atoms with van der Waals surface area (Å²) in [5.41, 5.74) is 0.912. The first-order valence-corrected chi connectivity index (χ1v) is 8.40. The molecule has 1 fully saturated rings. The van der Waals surface area contributed by atoms with E-state index in [1.807, 2.05) is 6.07 Å². The maximum absolute atomic E-state index is 12.4. The zero-order valence-electron chi connectivity index (χ0n) is 14.1. The van der Waals surface area contributed by atoms with Crippen LogP contribution in [0.25, 0.3) is 11.0 Å². The minimum Gasteiger partial charge on any atom is -0.394 e. The molecule has 1 aliphatic heterocycles. The molecule has 1 saturated heterocycles. The number of nitrogens with zero attached hydrogens (tertiary/aromatic N) is 3. The first kappa shape index (κ1) is 17.6. The molecule has 140 valence electrons. The van der Waals surface area contributed by atoms with Crippen LogP contribution in [0.3, 0.4) is 0 Å². The third-order valence-electron chi connectivity index (χ3n) is 4.57. The van der Waals surface area contributed by atoms with Crippen molar-refractivity contribution in [3.63, 3.8) is 0 Å². The number of hydrogen-bond acceptors (Lipinski definition) is 7. The van der Waals surface area contributed by atoms with E-state index in [-0.39, 0.29) is 5.91 Å². The summed E-state index contributed by atoms with van der Waals surface area (Å²) >= 11 is 0. The van der Waals surface area contributed by atoms with E-state index >= 15 is 0 Å². The van der Waals surface area contributed by atoms with E-state index < -0.39 is 31.1 Å². The second-order valence-corrected chi connectivity index (χ2v) is 6.23. The van der Waals surface area contributed by atoms with Gasteiger partial charge in [-0.15, -0.1) is 0 Å². The molecule has 4 unspecified atom stereocenters. The molecular formula is C18H18N4O5. The van der Waals surface area contributed by atoms with Crippen molar-refractivity contribution in [3.05, 3.63) is 54.5 Å². The van der Waals surface area contributed by atoms with Gasteiger partial charge in [0.15, 0.2) is 6.23 Å². The Morgan fingerprint density at radius 3 is 2.63 bits per heavy atom. The summed E-state index contributed by atoms with van der Waals surface area (Å²) in [6, 6.07) is 10.4. The monoisotopic (exact) mass is 370 g/mol. The van der Waals surface area contributed by atoms with Crippen molar-refractivity contribution in [2.75, 3.05) is 11.9 Å². The Hall–Kier alpha value is -2.85. The van der Waals surface area contributed by atoms with E-state index in [0.29, 0.717) is 22.4 Å². The van der Waals surface area contributed by atoms with Gasteiger partial charge in [0.25, 0.3) is 5.91 Å². The first-order valence-electron chi connectivity index (χ1n) is 8.40. The summed E-state index contributed by atoms with van der Waals surface area (Å²) in [7, 11) is 0. The molecule has 1 amide bonds. The van der Waals surface area contributed by atoms with Crippen LogP contribution in [0.15, 0.2) is 48.9 Å². The van der Waals surface area contributed by atoms with Crippen molar-refractivity contribution < 1.29 is 24.9 Å². The van der Waals surface area contributed by atoms with Gasteiger partial charge in [0, 0.05) is 11.8 Å². The summed E-state index contributed by atoms with van der Waals surface area (Å²) in [6.45, 7) is -0.415. The van der Waals surface area contributed by atoms with Gasteiger partial charge >= 0.3 is 0 Å². The van der Waals surface area contributed by atoms with Gasteiger partial charge in [0.1, 0.15) is 36.1 Å². The van der Waals surface area contributed by atoms with Crippen LogP contribution in [0.5, 0.6) is 0 Å². The van der Waals surface area contributed by atoms with Crippen LogP contribution in [-0.2, 0) is 4.74 Å². The van der Waals surface area contributed by atoms with Crippen molar-refractivity contribution in [1.29, 1.82) is 0 Å². The number of benzene rings is 1. The van der Waals surface area contributed by atoms with E-state index in [4.69, 9.17) is 4.74 Å². The fourth-order valence-electron chi connectivity index (χ4n) is 3.15. The summed E-state index contributed by atoms with van der Waals surface area (Å²) in [4.78, 5) is 20.7. The van der Waals surface area contributed by atoms with Crippen LogP contribution in [0, 0.1) is 0 Å². The highest BCUT2D eigenvalue weighted by molar-refractivity contribution is 6.07. The molecule has 4 atom stereocenters. The van der Waals surface area contributed by atoms with Crippen molar-refractivity contribution in [2.45, 2.75) is 24.5 Å². The van der Waals surface area contributed by atoms with Gasteiger partial charge < -0.3 is 29.9 Å². The van der Waals surface area contributed by atoms with Crippen molar-refractivity contribution >= 4 is 22.8 Å². The predicted octanol–water partition coefficient (Wildman–Crippen LogP) is 0.295. The zero-order valence-corrected chi connectivity index (χ0v) is 14.1. The van der Waals surface area contributed by atoms with Gasteiger partial charge in [0.05, 0.1) is 12.0 Å². The van der Waals surface area contributed by atoms with E-state index in [0.717, 1.165) is 0 Å². The molecule has 9 nitrogen and oxygen atoms in total. The van der Waals surface area contributed by atoms with Gasteiger partial charge in [-0.2, -0.15) is 0 Å². The lowest BCUT2D eigenvalue weighted by molar-refractivity contribution is -0.0508. The number of hydrogen-bond donors (Lipinski definition) is 4. The molecule has 27 heavy (non-hydrogen) atoms. The second kappa shape index (κ2) is 7.05. The summed E-state index contributed by atoms with van der Waals surface area (Å²) < 4.78 is 7.08. The number of aromatic nitrogens is 3. The van der Waals surface area contributed by atoms with Crippen LogP contribution in [-0.4, -0.2) is 60.7 Å². The summed E-state index contributed by atoms with van der Waals surface area (Å²) in [6.07, 6.45) is -1.33. The van der Waals surface area contributed by atoms with Crippen LogP contribution >= 0.6 is 0 Å². The highest BCUT2D eigenvalue weighted by atomic mass is 16.6. The molecule has 0 radical (unpaired) electrons. The maximum atomic E-state index is 12.4. The highest BCUT2D eigenvalue weighted by Crippen LogP contribution is 2.33. The lowest BCUT2D eigenvalue weighted by Gasteiger charge is -2.17. The zero-order chi connectivity index (χ0) is 19.0. The molecule has 4 N–H and O–H groups in total. The molecule has 9 heteroatoms. The number of aliphatic hydroxyl groups is 3. The molecule has 3 heterocycles. The smallest absolute Gasteiger partial charge is 0.256 e. The second-order valence-electron chi connectivity index (χ2n) is 6.23. The summed E-state index contributed by atoms with van der Waals surface area (Å²) in [5.74, 6) is 0.00983. The maximum Gasteiger partial charge on any atom is 0.256 e. The van der Waals surface area contributed by atoms with Crippen LogP contribution in [0.4, 0.5) is 5.82 Å². The normalized spacial score (nSPS) is 25.0. The van der Waals surface area contributed by atoms with Gasteiger partial charge in [-0.1, -0.05) is 18.2 Å². The van der Waals surface area contributed by atoms with E-state index in [9.17, 15) is 20.1 Å². The molecule has 4 rings (SSSR count). The number of amides is 1. The molecular weight excluding hydrogens is 352 g/mol. The Labute approximate surface area is 153 Å². The fraction of sp³-hybridized carbons (Fsp3) is 0.278. The van der Waals surface area contributed by atoms with Gasteiger partial charge in [-0.05, 0) is 18.2 Å². The molecule has 1 aliphatic rings. The Balaban J connectivity index is 1.65. The molecule has 0 bridgehead atoms. The topological polar surface area (TPSA) is 130 Å². The number of nitrogens with one attached hydrogen (secondary N) is 1. The quantitative estimate of drug-likeness (QED) is 0.519. The SMILES string of the molecule is O=C(Nc1ncnc2c1ccn2C1OC(CO)C(O)C1O)c1ccccc1. The molecule has 0 spiro atoms. The Bertz CT molecular complexity index is 961.